The molecule has 1 aliphatic heterocycles. The molecule has 1 heterocycles. The zero-order valence-electron chi connectivity index (χ0n) is 12.9. The van der Waals surface area contributed by atoms with Gasteiger partial charge >= 0.3 is 0 Å². The summed E-state index contributed by atoms with van der Waals surface area (Å²) in [5.74, 6) is 1.18. The summed E-state index contributed by atoms with van der Waals surface area (Å²) in [5, 5.41) is 6.08. The highest BCUT2D eigenvalue weighted by atomic mass is 79.9. The number of ether oxygens (including phenoxy) is 3. The first-order valence-corrected chi connectivity index (χ1v) is 7.89. The molecule has 0 spiro atoms. The minimum atomic E-state index is -0.322. The van der Waals surface area contributed by atoms with Crippen molar-refractivity contribution in [2.45, 2.75) is 25.6 Å². The van der Waals surface area contributed by atoms with Crippen LogP contribution >= 0.6 is 15.9 Å². The van der Waals surface area contributed by atoms with Crippen molar-refractivity contribution in [2.75, 3.05) is 27.4 Å². The molecule has 0 aliphatic carbocycles. The second-order valence-electron chi connectivity index (χ2n) is 5.04. The van der Waals surface area contributed by atoms with E-state index in [1.165, 1.54) is 0 Å². The fraction of sp³-hybridized carbons (Fsp3) is 0.533. The lowest BCUT2D eigenvalue weighted by molar-refractivity contribution is -0.129. The largest absolute Gasteiger partial charge is 0.493 e. The summed E-state index contributed by atoms with van der Waals surface area (Å²) in [6.45, 7) is 3.62. The number of rotatable bonds is 5. The van der Waals surface area contributed by atoms with Gasteiger partial charge in [-0.25, -0.2) is 0 Å². The van der Waals surface area contributed by atoms with Crippen molar-refractivity contribution in [3.8, 4) is 11.5 Å². The SMILES string of the molecule is COc1cc(CNC(=O)[C@H]2NCCO[C@@H]2C)cc(Br)c1OC. The molecule has 0 saturated carbocycles. The number of halogens is 1. The summed E-state index contributed by atoms with van der Waals surface area (Å²) < 4.78 is 16.8. The van der Waals surface area contributed by atoms with E-state index in [4.69, 9.17) is 14.2 Å². The first-order valence-electron chi connectivity index (χ1n) is 7.10. The van der Waals surface area contributed by atoms with Gasteiger partial charge in [0, 0.05) is 13.1 Å². The molecule has 1 saturated heterocycles. The molecule has 0 bridgehead atoms. The van der Waals surface area contributed by atoms with E-state index in [2.05, 4.69) is 26.6 Å². The third-order valence-corrected chi connectivity index (χ3v) is 4.15. The van der Waals surface area contributed by atoms with Crippen LogP contribution in [0.1, 0.15) is 12.5 Å². The van der Waals surface area contributed by atoms with Crippen LogP contribution in [-0.4, -0.2) is 45.4 Å². The van der Waals surface area contributed by atoms with Crippen molar-refractivity contribution in [1.29, 1.82) is 0 Å². The Morgan fingerprint density at radius 1 is 1.45 bits per heavy atom. The van der Waals surface area contributed by atoms with E-state index in [1.54, 1.807) is 14.2 Å². The predicted molar refractivity (Wildman–Crippen MR) is 86.3 cm³/mol. The van der Waals surface area contributed by atoms with Gasteiger partial charge in [0.2, 0.25) is 5.91 Å². The molecule has 6 nitrogen and oxygen atoms in total. The zero-order valence-corrected chi connectivity index (χ0v) is 14.5. The van der Waals surface area contributed by atoms with Gasteiger partial charge < -0.3 is 24.8 Å². The van der Waals surface area contributed by atoms with E-state index in [0.717, 1.165) is 10.0 Å². The van der Waals surface area contributed by atoms with Gasteiger partial charge in [0.1, 0.15) is 6.04 Å². The molecule has 1 aromatic carbocycles. The molecule has 2 N–H and O–H groups in total. The molecule has 1 aliphatic rings. The van der Waals surface area contributed by atoms with Gasteiger partial charge in [-0.3, -0.25) is 4.79 Å². The molecule has 0 unspecified atom stereocenters. The van der Waals surface area contributed by atoms with Crippen molar-refractivity contribution in [3.63, 3.8) is 0 Å². The Hall–Kier alpha value is -1.31. The molecule has 2 rings (SSSR count). The van der Waals surface area contributed by atoms with Gasteiger partial charge in [-0.1, -0.05) is 0 Å². The average molecular weight is 373 g/mol. The molecule has 7 heteroatoms. The minimum Gasteiger partial charge on any atom is -0.493 e. The second kappa shape index (κ2) is 7.80. The van der Waals surface area contributed by atoms with Crippen LogP contribution in [-0.2, 0) is 16.1 Å². The fourth-order valence-electron chi connectivity index (χ4n) is 2.40. The van der Waals surface area contributed by atoms with Crippen molar-refractivity contribution in [1.82, 2.24) is 10.6 Å². The van der Waals surface area contributed by atoms with Crippen LogP contribution in [0.2, 0.25) is 0 Å². The molecular formula is C15H21BrN2O4. The number of amides is 1. The van der Waals surface area contributed by atoms with Crippen LogP contribution < -0.4 is 20.1 Å². The summed E-state index contributed by atoms with van der Waals surface area (Å²) >= 11 is 3.44. The number of nitrogens with one attached hydrogen (secondary N) is 2. The summed E-state index contributed by atoms with van der Waals surface area (Å²) in [7, 11) is 3.16. The Labute approximate surface area is 138 Å². The number of hydrogen-bond donors (Lipinski definition) is 2. The highest BCUT2D eigenvalue weighted by Crippen LogP contribution is 2.36. The van der Waals surface area contributed by atoms with Crippen molar-refractivity contribution < 1.29 is 19.0 Å². The van der Waals surface area contributed by atoms with Crippen LogP contribution in [0.3, 0.4) is 0 Å². The van der Waals surface area contributed by atoms with Gasteiger partial charge in [0.15, 0.2) is 11.5 Å². The number of methoxy groups -OCH3 is 2. The zero-order chi connectivity index (χ0) is 16.1. The smallest absolute Gasteiger partial charge is 0.240 e. The molecule has 1 fully saturated rings. The maximum absolute atomic E-state index is 12.2. The number of carbonyl (C=O) groups is 1. The summed E-state index contributed by atoms with van der Waals surface area (Å²) in [6.07, 6.45) is -0.133. The number of carbonyl (C=O) groups excluding carboxylic acids is 1. The van der Waals surface area contributed by atoms with E-state index in [-0.39, 0.29) is 18.1 Å². The lowest BCUT2D eigenvalue weighted by atomic mass is 10.1. The number of hydrogen-bond acceptors (Lipinski definition) is 5. The van der Waals surface area contributed by atoms with E-state index in [9.17, 15) is 4.79 Å². The first kappa shape index (κ1) is 17.1. The van der Waals surface area contributed by atoms with Gasteiger partial charge in [-0.2, -0.15) is 0 Å². The standard InChI is InChI=1S/C15H21BrN2O4/c1-9-13(17-4-5-22-9)15(19)18-8-10-6-11(16)14(21-3)12(7-10)20-2/h6-7,9,13,17H,4-5,8H2,1-3H3,(H,18,19)/t9-,13+/m1/s1. The van der Waals surface area contributed by atoms with Crippen LogP contribution in [0.5, 0.6) is 11.5 Å². The highest BCUT2D eigenvalue weighted by molar-refractivity contribution is 9.10. The maximum atomic E-state index is 12.2. The first-order chi connectivity index (χ1) is 10.6. The van der Waals surface area contributed by atoms with Crippen LogP contribution in [0.4, 0.5) is 0 Å². The highest BCUT2D eigenvalue weighted by Gasteiger charge is 2.28. The van der Waals surface area contributed by atoms with Crippen molar-refractivity contribution in [3.05, 3.63) is 22.2 Å². The summed E-state index contributed by atoms with van der Waals surface area (Å²) in [5.41, 5.74) is 0.919. The average Bonchev–Trinajstić information content (AvgIpc) is 2.52. The normalized spacial score (nSPS) is 21.3. The number of benzene rings is 1. The number of morpholine rings is 1. The Kier molecular flexibility index (Phi) is 6.05. The molecule has 1 amide bonds. The Morgan fingerprint density at radius 3 is 2.86 bits per heavy atom. The third kappa shape index (κ3) is 3.91. The maximum Gasteiger partial charge on any atom is 0.240 e. The van der Waals surface area contributed by atoms with E-state index in [0.29, 0.717) is 31.2 Å². The predicted octanol–water partition coefficient (Wildman–Crippen LogP) is 1.46. The van der Waals surface area contributed by atoms with E-state index >= 15 is 0 Å². The lowest BCUT2D eigenvalue weighted by Crippen LogP contribution is -2.55. The Morgan fingerprint density at radius 2 is 2.23 bits per heavy atom. The lowest BCUT2D eigenvalue weighted by Gasteiger charge is -2.29. The van der Waals surface area contributed by atoms with Gasteiger partial charge in [-0.05, 0) is 40.5 Å². The molecular weight excluding hydrogens is 352 g/mol. The molecule has 0 radical (unpaired) electrons. The molecule has 0 aromatic heterocycles. The van der Waals surface area contributed by atoms with Crippen LogP contribution in [0, 0.1) is 0 Å². The third-order valence-electron chi connectivity index (χ3n) is 3.56. The fourth-order valence-corrected chi connectivity index (χ4v) is 3.05. The van der Waals surface area contributed by atoms with Crippen LogP contribution in [0.25, 0.3) is 0 Å². The topological polar surface area (TPSA) is 68.8 Å². The Bertz CT molecular complexity index is 539. The molecule has 2 atom stereocenters. The molecule has 122 valence electrons. The summed E-state index contributed by atoms with van der Waals surface area (Å²) in [6, 6.07) is 3.42. The van der Waals surface area contributed by atoms with Gasteiger partial charge in [-0.15, -0.1) is 0 Å². The minimum absolute atomic E-state index is 0.0712. The quantitative estimate of drug-likeness (QED) is 0.818. The monoisotopic (exact) mass is 372 g/mol. The van der Waals surface area contributed by atoms with Crippen molar-refractivity contribution in [2.24, 2.45) is 0 Å². The molecule has 1 aromatic rings. The second-order valence-corrected chi connectivity index (χ2v) is 5.89. The van der Waals surface area contributed by atoms with Gasteiger partial charge in [0.05, 0.1) is 31.4 Å². The van der Waals surface area contributed by atoms with E-state index < -0.39 is 0 Å². The van der Waals surface area contributed by atoms with Crippen LogP contribution in [0.15, 0.2) is 16.6 Å². The molecule has 22 heavy (non-hydrogen) atoms. The van der Waals surface area contributed by atoms with Crippen molar-refractivity contribution >= 4 is 21.8 Å². The van der Waals surface area contributed by atoms with Gasteiger partial charge in [0.25, 0.3) is 0 Å². The van der Waals surface area contributed by atoms with E-state index in [1.807, 2.05) is 19.1 Å². The Balaban J connectivity index is 2.02. The summed E-state index contributed by atoms with van der Waals surface area (Å²) in [4.78, 5) is 12.2.